The van der Waals surface area contributed by atoms with Gasteiger partial charge in [-0.3, -0.25) is 14.9 Å². The highest BCUT2D eigenvalue weighted by Crippen LogP contribution is 2.36. The topological polar surface area (TPSA) is 98.5 Å². The molecule has 0 aliphatic heterocycles. The van der Waals surface area contributed by atoms with Crippen molar-refractivity contribution in [1.82, 2.24) is 0 Å². The average molecular weight is 422 g/mol. The van der Waals surface area contributed by atoms with E-state index in [0.717, 1.165) is 5.56 Å². The fourth-order valence-corrected chi connectivity index (χ4v) is 3.68. The van der Waals surface area contributed by atoms with Crippen LogP contribution in [0.5, 0.6) is 0 Å². The summed E-state index contributed by atoms with van der Waals surface area (Å²) >= 11 is 1.24. The number of nitrogens with zero attached hydrogens (tertiary/aromatic N) is 1. The first-order valence-electron chi connectivity index (χ1n) is 9.07. The van der Waals surface area contributed by atoms with Crippen LogP contribution in [0, 0.1) is 10.1 Å². The van der Waals surface area contributed by atoms with Crippen LogP contribution >= 0.6 is 11.3 Å². The number of nitro groups is 1. The Labute approximate surface area is 176 Å². The number of thiophene rings is 1. The molecule has 1 N–H and O–H groups in total. The zero-order valence-electron chi connectivity index (χ0n) is 16.0. The summed E-state index contributed by atoms with van der Waals surface area (Å²) in [6, 6.07) is 15.2. The van der Waals surface area contributed by atoms with Gasteiger partial charge in [0.15, 0.2) is 0 Å². The fraction of sp³-hybridized carbons (Fsp3) is 0.0909. The lowest BCUT2D eigenvalue weighted by molar-refractivity contribution is -0.384. The summed E-state index contributed by atoms with van der Waals surface area (Å²) in [5.74, 6) is -0.937. The molecule has 0 aliphatic carbocycles. The third-order valence-corrected chi connectivity index (χ3v) is 5.02. The standard InChI is InChI=1S/C22H18N2O5S/c1-2-29-22(26)20-18(16-6-4-3-5-7-16)14-30-21(20)23-19(25)13-10-15-8-11-17(12-9-15)24(27)28/h3-14H,2H2,1H3,(H,23,25). The van der Waals surface area contributed by atoms with E-state index in [1.165, 1.54) is 35.6 Å². The Morgan fingerprint density at radius 1 is 1.13 bits per heavy atom. The molecule has 0 aliphatic rings. The summed E-state index contributed by atoms with van der Waals surface area (Å²) in [4.78, 5) is 35.1. The molecule has 0 unspecified atom stereocenters. The number of amides is 1. The molecule has 0 atom stereocenters. The van der Waals surface area contributed by atoms with Gasteiger partial charge in [-0.2, -0.15) is 0 Å². The van der Waals surface area contributed by atoms with Gasteiger partial charge in [-0.05, 0) is 36.3 Å². The van der Waals surface area contributed by atoms with Crippen molar-refractivity contribution in [2.24, 2.45) is 0 Å². The molecule has 2 aromatic carbocycles. The number of anilines is 1. The van der Waals surface area contributed by atoms with Gasteiger partial charge in [0.1, 0.15) is 10.6 Å². The second-order valence-corrected chi connectivity index (χ2v) is 6.99. The SMILES string of the molecule is CCOC(=O)c1c(-c2ccccc2)csc1NC(=O)C=Cc1ccc([N+](=O)[O-])cc1. The minimum atomic E-state index is -0.507. The Hall–Kier alpha value is -3.78. The molecule has 0 saturated heterocycles. The number of non-ortho nitro benzene ring substituents is 1. The van der Waals surface area contributed by atoms with E-state index in [1.54, 1.807) is 24.4 Å². The number of carbonyl (C=O) groups excluding carboxylic acids is 2. The number of nitrogens with one attached hydrogen (secondary N) is 1. The Morgan fingerprint density at radius 2 is 1.83 bits per heavy atom. The van der Waals surface area contributed by atoms with Gasteiger partial charge in [-0.1, -0.05) is 30.3 Å². The molecule has 3 rings (SSSR count). The maximum Gasteiger partial charge on any atom is 0.341 e. The van der Waals surface area contributed by atoms with Gasteiger partial charge in [0.25, 0.3) is 5.69 Å². The van der Waals surface area contributed by atoms with E-state index in [2.05, 4.69) is 5.32 Å². The highest BCUT2D eigenvalue weighted by atomic mass is 32.1. The Morgan fingerprint density at radius 3 is 2.47 bits per heavy atom. The molecule has 3 aromatic rings. The second kappa shape index (κ2) is 9.62. The number of ether oxygens (including phenoxy) is 1. The van der Waals surface area contributed by atoms with Crippen LogP contribution in [-0.2, 0) is 9.53 Å². The summed E-state index contributed by atoms with van der Waals surface area (Å²) < 4.78 is 5.17. The molecule has 0 saturated carbocycles. The minimum Gasteiger partial charge on any atom is -0.462 e. The van der Waals surface area contributed by atoms with Crippen LogP contribution in [0.4, 0.5) is 10.7 Å². The van der Waals surface area contributed by atoms with E-state index in [9.17, 15) is 19.7 Å². The molecule has 30 heavy (non-hydrogen) atoms. The first kappa shape index (κ1) is 20.9. The third kappa shape index (κ3) is 4.98. The van der Waals surface area contributed by atoms with Gasteiger partial charge in [-0.25, -0.2) is 4.79 Å². The van der Waals surface area contributed by atoms with Gasteiger partial charge < -0.3 is 10.1 Å². The second-order valence-electron chi connectivity index (χ2n) is 6.11. The first-order valence-corrected chi connectivity index (χ1v) is 9.95. The number of benzene rings is 2. The van der Waals surface area contributed by atoms with Crippen molar-refractivity contribution in [2.75, 3.05) is 11.9 Å². The summed E-state index contributed by atoms with van der Waals surface area (Å²) in [6.07, 6.45) is 2.84. The smallest absolute Gasteiger partial charge is 0.341 e. The monoisotopic (exact) mass is 422 g/mol. The zero-order valence-corrected chi connectivity index (χ0v) is 16.8. The van der Waals surface area contributed by atoms with Crippen molar-refractivity contribution in [3.8, 4) is 11.1 Å². The molecule has 1 heterocycles. The van der Waals surface area contributed by atoms with Crippen LogP contribution in [0.15, 0.2) is 66.1 Å². The Kier molecular flexibility index (Phi) is 6.71. The van der Waals surface area contributed by atoms with Crippen LogP contribution in [0.3, 0.4) is 0 Å². The number of hydrogen-bond acceptors (Lipinski definition) is 6. The number of carbonyl (C=O) groups is 2. The number of rotatable bonds is 7. The van der Waals surface area contributed by atoms with Gasteiger partial charge in [0.05, 0.1) is 11.5 Å². The Balaban J connectivity index is 1.81. The zero-order chi connectivity index (χ0) is 21.5. The molecular weight excluding hydrogens is 404 g/mol. The van der Waals surface area contributed by atoms with Crippen LogP contribution in [0.1, 0.15) is 22.8 Å². The van der Waals surface area contributed by atoms with Crippen LogP contribution in [-0.4, -0.2) is 23.4 Å². The molecule has 0 bridgehead atoms. The molecule has 0 spiro atoms. The van der Waals surface area contributed by atoms with Crippen molar-refractivity contribution in [2.45, 2.75) is 6.92 Å². The molecule has 0 fully saturated rings. The van der Waals surface area contributed by atoms with E-state index in [1.807, 2.05) is 30.3 Å². The molecule has 0 radical (unpaired) electrons. The lowest BCUT2D eigenvalue weighted by Gasteiger charge is -2.07. The molecule has 8 heteroatoms. The summed E-state index contributed by atoms with van der Waals surface area (Å²) in [6.45, 7) is 1.94. The fourth-order valence-electron chi connectivity index (χ4n) is 2.72. The van der Waals surface area contributed by atoms with E-state index in [0.29, 0.717) is 21.7 Å². The van der Waals surface area contributed by atoms with E-state index >= 15 is 0 Å². The van der Waals surface area contributed by atoms with Crippen molar-refractivity contribution >= 4 is 40.0 Å². The van der Waals surface area contributed by atoms with Crippen molar-refractivity contribution in [3.63, 3.8) is 0 Å². The van der Waals surface area contributed by atoms with Crippen molar-refractivity contribution in [3.05, 3.63) is 87.3 Å². The van der Waals surface area contributed by atoms with E-state index in [-0.39, 0.29) is 12.3 Å². The van der Waals surface area contributed by atoms with Gasteiger partial charge >= 0.3 is 5.97 Å². The van der Waals surface area contributed by atoms with Gasteiger partial charge in [0.2, 0.25) is 5.91 Å². The normalized spacial score (nSPS) is 10.7. The average Bonchev–Trinajstić information content (AvgIpc) is 3.17. The van der Waals surface area contributed by atoms with E-state index < -0.39 is 16.8 Å². The van der Waals surface area contributed by atoms with Gasteiger partial charge in [0, 0.05) is 29.2 Å². The lowest BCUT2D eigenvalue weighted by Crippen LogP contribution is -2.12. The van der Waals surface area contributed by atoms with Crippen molar-refractivity contribution < 1.29 is 19.2 Å². The van der Waals surface area contributed by atoms with Crippen LogP contribution in [0.2, 0.25) is 0 Å². The molecule has 1 aromatic heterocycles. The van der Waals surface area contributed by atoms with Crippen LogP contribution in [0.25, 0.3) is 17.2 Å². The highest BCUT2D eigenvalue weighted by Gasteiger charge is 2.22. The van der Waals surface area contributed by atoms with Crippen molar-refractivity contribution in [1.29, 1.82) is 0 Å². The summed E-state index contributed by atoms with van der Waals surface area (Å²) in [5.41, 5.74) is 2.46. The minimum absolute atomic E-state index is 0.0253. The third-order valence-electron chi connectivity index (χ3n) is 4.12. The predicted molar refractivity (Wildman–Crippen MR) is 116 cm³/mol. The highest BCUT2D eigenvalue weighted by molar-refractivity contribution is 7.15. The lowest BCUT2D eigenvalue weighted by atomic mass is 10.0. The molecule has 7 nitrogen and oxygen atoms in total. The predicted octanol–water partition coefficient (Wildman–Crippen LogP) is 5.15. The molecule has 152 valence electrons. The maximum absolute atomic E-state index is 12.5. The van der Waals surface area contributed by atoms with Crippen LogP contribution < -0.4 is 5.32 Å². The quantitative estimate of drug-likeness (QED) is 0.246. The van der Waals surface area contributed by atoms with E-state index in [4.69, 9.17) is 4.74 Å². The molecular formula is C22H18N2O5S. The number of nitro benzene ring substituents is 1. The number of esters is 1. The Bertz CT molecular complexity index is 1090. The summed E-state index contributed by atoms with van der Waals surface area (Å²) in [7, 11) is 0. The first-order chi connectivity index (χ1) is 14.5. The maximum atomic E-state index is 12.5. The number of hydrogen-bond donors (Lipinski definition) is 1. The van der Waals surface area contributed by atoms with Gasteiger partial charge in [-0.15, -0.1) is 11.3 Å². The largest absolute Gasteiger partial charge is 0.462 e. The molecule has 1 amide bonds. The summed E-state index contributed by atoms with van der Waals surface area (Å²) in [5, 5.41) is 15.6.